The van der Waals surface area contributed by atoms with Crippen molar-refractivity contribution >= 4 is 23.2 Å². The van der Waals surface area contributed by atoms with Gasteiger partial charge in [-0.3, -0.25) is 23.4 Å². The highest BCUT2D eigenvalue weighted by molar-refractivity contribution is 6.31. The Kier molecular flexibility index (Phi) is 15.2. The molecule has 0 bridgehead atoms. The summed E-state index contributed by atoms with van der Waals surface area (Å²) in [6.07, 6.45) is -18.3. The van der Waals surface area contributed by atoms with Gasteiger partial charge in [0.15, 0.2) is 11.4 Å². The molecule has 6 heterocycles. The summed E-state index contributed by atoms with van der Waals surface area (Å²) in [6.45, 7) is -2.57. The molecule has 0 aliphatic carbocycles. The Morgan fingerprint density at radius 2 is 1.05 bits per heavy atom. The van der Waals surface area contributed by atoms with Crippen LogP contribution in [0.4, 0.5) is 70.2 Å². The topological polar surface area (TPSA) is 172 Å². The first-order valence-corrected chi connectivity index (χ1v) is 16.7. The Balaban J connectivity index is 0.000000321. The van der Waals surface area contributed by atoms with Crippen LogP contribution in [0.1, 0.15) is 25.7 Å². The van der Waals surface area contributed by atoms with E-state index < -0.39 is 106 Å². The third kappa shape index (κ3) is 11.3. The summed E-state index contributed by atoms with van der Waals surface area (Å²) in [6, 6.07) is 2.90. The van der Waals surface area contributed by atoms with Gasteiger partial charge >= 0.3 is 36.6 Å². The van der Waals surface area contributed by atoms with E-state index in [-0.39, 0.29) is 33.6 Å². The lowest BCUT2D eigenvalue weighted by molar-refractivity contribution is -0.287. The first-order chi connectivity index (χ1) is 29.3. The first-order valence-electron chi connectivity index (χ1n) is 16.4. The second kappa shape index (κ2) is 18.8. The molecule has 6 rings (SSSR count). The number of halogens is 17. The molecule has 0 aliphatic rings. The van der Waals surface area contributed by atoms with Crippen molar-refractivity contribution in [3.05, 3.63) is 80.4 Å². The van der Waals surface area contributed by atoms with Gasteiger partial charge in [0.1, 0.15) is 18.1 Å². The molecule has 32 heteroatoms. The molecule has 65 heavy (non-hydrogen) atoms. The van der Waals surface area contributed by atoms with Gasteiger partial charge < -0.3 is 9.47 Å². The van der Waals surface area contributed by atoms with Crippen LogP contribution in [0.15, 0.2) is 52.8 Å². The SMILES string of the molecule is C.CC#N.COc1ccn2c(=O)c(-c3cnn(CC(F)(F)C(F)(F)F)c3)c(C(F)(F)F)nc2n1.COc1nc2nc(C(F)(F)F)c(-c3cnn(CC(F)(F)C(F)(F)F)c3)c(=O)n2cc1Cl. The largest absolute Gasteiger partial charge is 0.481 e. The minimum Gasteiger partial charge on any atom is -0.481 e. The highest BCUT2D eigenvalue weighted by Crippen LogP contribution is 2.40. The monoisotopic (exact) mass is 977 g/mol. The van der Waals surface area contributed by atoms with E-state index in [1.807, 2.05) is 0 Å². The van der Waals surface area contributed by atoms with Crippen LogP contribution >= 0.6 is 11.6 Å². The fraction of sp³-hybridized carbons (Fsp3) is 0.364. The van der Waals surface area contributed by atoms with Crippen molar-refractivity contribution in [2.75, 3.05) is 14.2 Å². The number of aromatic nitrogens is 10. The zero-order valence-corrected chi connectivity index (χ0v) is 32.2. The molecule has 6 aromatic rings. The molecule has 0 saturated heterocycles. The van der Waals surface area contributed by atoms with E-state index in [1.54, 1.807) is 6.07 Å². The molecule has 0 amide bonds. The van der Waals surface area contributed by atoms with Gasteiger partial charge in [-0.05, 0) is 0 Å². The van der Waals surface area contributed by atoms with Crippen LogP contribution in [0, 0.1) is 11.3 Å². The maximum Gasteiger partial charge on any atom is 0.455 e. The summed E-state index contributed by atoms with van der Waals surface area (Å²) < 4.78 is 219. The Hall–Kier alpha value is -6.74. The van der Waals surface area contributed by atoms with Gasteiger partial charge in [-0.15, -0.1) is 0 Å². The Labute approximate surface area is 355 Å². The number of methoxy groups -OCH3 is 2. The average Bonchev–Trinajstić information content (AvgIpc) is 3.82. The molecule has 0 aromatic carbocycles. The van der Waals surface area contributed by atoms with Gasteiger partial charge in [0.25, 0.3) is 11.1 Å². The van der Waals surface area contributed by atoms with E-state index in [0.29, 0.717) is 33.6 Å². The minimum absolute atomic E-state index is 0. The number of nitrogens with zero attached hydrogens (tertiary/aromatic N) is 11. The fourth-order valence-corrected chi connectivity index (χ4v) is 5.19. The van der Waals surface area contributed by atoms with Gasteiger partial charge in [-0.25, -0.2) is 14.4 Å². The maximum absolute atomic E-state index is 13.5. The van der Waals surface area contributed by atoms with Crippen LogP contribution in [0.2, 0.25) is 5.02 Å². The normalized spacial score (nSPS) is 12.4. The molecule has 6 aromatic heterocycles. The van der Waals surface area contributed by atoms with Crippen molar-refractivity contribution in [2.24, 2.45) is 0 Å². The molecule has 15 nitrogen and oxygen atoms in total. The zero-order chi connectivity index (χ0) is 48.5. The zero-order valence-electron chi connectivity index (χ0n) is 31.4. The predicted octanol–water partition coefficient (Wildman–Crippen LogP) is 8.18. The Bertz CT molecular complexity index is 2820. The number of alkyl halides is 16. The smallest absolute Gasteiger partial charge is 0.455 e. The predicted molar refractivity (Wildman–Crippen MR) is 189 cm³/mol. The molecular formula is C33H24ClF16N11O4. The van der Waals surface area contributed by atoms with Gasteiger partial charge in [0.2, 0.25) is 23.3 Å². The number of hydrogen-bond donors (Lipinski definition) is 0. The van der Waals surface area contributed by atoms with Crippen LogP contribution in [0.3, 0.4) is 0 Å². The molecule has 0 spiro atoms. The summed E-state index contributed by atoms with van der Waals surface area (Å²) in [5.74, 6) is -12.3. The third-order valence-electron chi connectivity index (χ3n) is 7.75. The highest BCUT2D eigenvalue weighted by atomic mass is 35.5. The van der Waals surface area contributed by atoms with E-state index in [4.69, 9.17) is 26.3 Å². The van der Waals surface area contributed by atoms with Crippen LogP contribution in [-0.2, 0) is 25.4 Å². The molecule has 0 aliphatic heterocycles. The third-order valence-corrected chi connectivity index (χ3v) is 8.01. The fourth-order valence-electron chi connectivity index (χ4n) is 4.97. The van der Waals surface area contributed by atoms with Crippen molar-refractivity contribution < 1.29 is 79.7 Å². The lowest BCUT2D eigenvalue weighted by Gasteiger charge is -2.19. The lowest BCUT2D eigenvalue weighted by Crippen LogP contribution is -2.40. The summed E-state index contributed by atoms with van der Waals surface area (Å²) in [7, 11) is 2.30. The second-order valence-corrected chi connectivity index (χ2v) is 12.6. The number of ether oxygens (including phenoxy) is 2. The number of rotatable bonds is 8. The Morgan fingerprint density at radius 1 is 0.646 bits per heavy atom. The minimum atomic E-state index is -5.91. The van der Waals surface area contributed by atoms with Crippen molar-refractivity contribution in [1.29, 1.82) is 5.26 Å². The highest BCUT2D eigenvalue weighted by Gasteiger charge is 2.58. The van der Waals surface area contributed by atoms with Crippen molar-refractivity contribution in [2.45, 2.75) is 64.0 Å². The maximum atomic E-state index is 13.5. The van der Waals surface area contributed by atoms with Crippen LogP contribution in [0.5, 0.6) is 11.8 Å². The van der Waals surface area contributed by atoms with E-state index in [0.717, 1.165) is 25.6 Å². The van der Waals surface area contributed by atoms with Gasteiger partial charge in [-0.1, -0.05) is 19.0 Å². The van der Waals surface area contributed by atoms with E-state index >= 15 is 0 Å². The number of nitriles is 1. The number of fused-ring (bicyclic) bond motifs is 2. The van der Waals surface area contributed by atoms with Gasteiger partial charge in [0, 0.05) is 48.9 Å². The number of hydrogen-bond acceptors (Lipinski definition) is 11. The lowest BCUT2D eigenvalue weighted by atomic mass is 10.1. The van der Waals surface area contributed by atoms with Crippen LogP contribution < -0.4 is 20.6 Å². The van der Waals surface area contributed by atoms with Gasteiger partial charge in [-0.2, -0.15) is 95.7 Å². The summed E-state index contributed by atoms with van der Waals surface area (Å²) in [5.41, 5.74) is -9.69. The molecule has 0 atom stereocenters. The van der Waals surface area contributed by atoms with Crippen LogP contribution in [-0.4, -0.2) is 86.7 Å². The summed E-state index contributed by atoms with van der Waals surface area (Å²) in [4.78, 5) is 39.1. The first kappa shape index (κ1) is 52.6. The quantitative estimate of drug-likeness (QED) is 0.135. The van der Waals surface area contributed by atoms with Crippen LogP contribution in [0.25, 0.3) is 33.8 Å². The Morgan fingerprint density at radius 3 is 1.42 bits per heavy atom. The van der Waals surface area contributed by atoms with E-state index in [2.05, 4.69) is 30.1 Å². The molecule has 0 unspecified atom stereocenters. The van der Waals surface area contributed by atoms with Gasteiger partial charge in [0.05, 0.1) is 43.8 Å². The van der Waals surface area contributed by atoms with Crippen molar-refractivity contribution in [3.63, 3.8) is 0 Å². The molecular weight excluding hydrogens is 954 g/mol. The second-order valence-electron chi connectivity index (χ2n) is 12.2. The van der Waals surface area contributed by atoms with E-state index in [9.17, 15) is 79.8 Å². The molecule has 0 fully saturated rings. The van der Waals surface area contributed by atoms with E-state index in [1.165, 1.54) is 14.0 Å². The van der Waals surface area contributed by atoms with Crippen molar-refractivity contribution in [3.8, 4) is 40.1 Å². The standard InChI is InChI=1S/C15H8ClF8N5O2.C15H9F8N5O2.C2H3N.CH4/c1-31-10-7(16)4-29-11(30)8(9(14(19,20)21)26-12(29)27-10)6-2-25-28(3-6)5-13(17,18)15(22,23)24;1-30-8-2-3-28-11(29)9(10(14(18,19)20)26-12(28)25-8)7-4-24-27(5-7)6-13(16,17)15(21,22)23;1-2-3;/h2-4H,5H2,1H3;2-5H,6H2,1H3;1H3;1H4. The van der Waals surface area contributed by atoms with Crippen molar-refractivity contribution in [1.82, 2.24) is 48.3 Å². The molecule has 354 valence electrons. The average molecular weight is 978 g/mol. The summed E-state index contributed by atoms with van der Waals surface area (Å²) >= 11 is 5.82. The molecule has 0 radical (unpaired) electrons. The summed E-state index contributed by atoms with van der Waals surface area (Å²) in [5, 5.41) is 13.5. The molecule has 0 saturated carbocycles. The molecule has 0 N–H and O–H groups in total.